The fraction of sp³-hybridized carbons (Fsp3) is 0.150. The first-order chi connectivity index (χ1) is 13.3. The minimum Gasteiger partial charge on any atom is -0.480 e. The van der Waals surface area contributed by atoms with Crippen molar-refractivity contribution in [2.45, 2.75) is 13.3 Å². The second-order valence-corrected chi connectivity index (χ2v) is 7.38. The molecule has 1 amide bonds. The van der Waals surface area contributed by atoms with E-state index >= 15 is 0 Å². The Hall–Kier alpha value is -2.63. The molecule has 0 aliphatic carbocycles. The number of amides is 1. The molecule has 6 nitrogen and oxygen atoms in total. The van der Waals surface area contributed by atoms with Crippen LogP contribution < -0.4 is 10.1 Å². The number of benzene rings is 2. The first-order valence-corrected chi connectivity index (χ1v) is 9.78. The van der Waals surface area contributed by atoms with Crippen molar-refractivity contribution in [2.75, 3.05) is 11.9 Å². The van der Waals surface area contributed by atoms with Crippen LogP contribution in [0.15, 0.2) is 50.9 Å². The Kier molecular flexibility index (Phi) is 7.79. The van der Waals surface area contributed by atoms with Gasteiger partial charge < -0.3 is 15.2 Å². The highest BCUT2D eigenvalue weighted by molar-refractivity contribution is 9.11. The topological polar surface area (TPSA) is 99.4 Å². The van der Waals surface area contributed by atoms with Crippen molar-refractivity contribution in [3.63, 3.8) is 0 Å². The van der Waals surface area contributed by atoms with Gasteiger partial charge in [-0.3, -0.25) is 4.79 Å². The summed E-state index contributed by atoms with van der Waals surface area (Å²) in [5.74, 6) is -1.30. The largest absolute Gasteiger partial charge is 0.480 e. The van der Waals surface area contributed by atoms with Crippen LogP contribution in [0.25, 0.3) is 6.08 Å². The van der Waals surface area contributed by atoms with Gasteiger partial charge in [0.2, 0.25) is 0 Å². The van der Waals surface area contributed by atoms with Crippen LogP contribution in [0.3, 0.4) is 0 Å². The molecule has 28 heavy (non-hydrogen) atoms. The molecule has 0 fully saturated rings. The van der Waals surface area contributed by atoms with E-state index < -0.39 is 18.5 Å². The third kappa shape index (κ3) is 5.94. The summed E-state index contributed by atoms with van der Waals surface area (Å²) in [6.45, 7) is 1.55. The van der Waals surface area contributed by atoms with Gasteiger partial charge in [-0.15, -0.1) is 0 Å². The summed E-state index contributed by atoms with van der Waals surface area (Å²) in [5, 5.41) is 20.8. The molecule has 0 saturated carbocycles. The molecule has 0 aliphatic heterocycles. The number of ether oxygens (including phenoxy) is 1. The van der Waals surface area contributed by atoms with Gasteiger partial charge >= 0.3 is 5.97 Å². The standard InChI is InChI=1S/C20H16Br2N2O4/c1-2-12-3-5-15(6-4-12)24-20(27)14(10-23)7-13-8-16(21)19(17(22)9-13)28-11-18(25)26/h3-9H,2,11H2,1H3,(H,24,27)(H,25,26)/b14-7+. The smallest absolute Gasteiger partial charge is 0.341 e. The first-order valence-electron chi connectivity index (χ1n) is 8.19. The maximum absolute atomic E-state index is 12.4. The van der Waals surface area contributed by atoms with Gasteiger partial charge in [0.05, 0.1) is 8.95 Å². The Labute approximate surface area is 179 Å². The molecule has 0 saturated heterocycles. The Morgan fingerprint density at radius 3 is 2.32 bits per heavy atom. The Morgan fingerprint density at radius 2 is 1.82 bits per heavy atom. The highest BCUT2D eigenvalue weighted by Gasteiger charge is 2.13. The minimum atomic E-state index is -1.10. The van der Waals surface area contributed by atoms with E-state index in [-0.39, 0.29) is 5.57 Å². The molecular formula is C20H16Br2N2O4. The van der Waals surface area contributed by atoms with Crippen LogP contribution in [0.5, 0.6) is 5.75 Å². The van der Waals surface area contributed by atoms with Crippen LogP contribution >= 0.6 is 31.9 Å². The normalized spacial score (nSPS) is 10.9. The molecule has 144 valence electrons. The van der Waals surface area contributed by atoms with E-state index in [1.54, 1.807) is 24.3 Å². The minimum absolute atomic E-state index is 0.0717. The van der Waals surface area contributed by atoms with Crippen LogP contribution in [0.1, 0.15) is 18.1 Å². The quantitative estimate of drug-likeness (QED) is 0.415. The number of hydrogen-bond acceptors (Lipinski definition) is 4. The van der Waals surface area contributed by atoms with Crippen molar-refractivity contribution < 1.29 is 19.4 Å². The number of carboxylic acids is 1. The predicted octanol–water partition coefficient (Wildman–Crippen LogP) is 4.78. The summed E-state index contributed by atoms with van der Waals surface area (Å²) in [7, 11) is 0. The number of nitrogens with one attached hydrogen (secondary N) is 1. The van der Waals surface area contributed by atoms with Crippen molar-refractivity contribution in [1.29, 1.82) is 5.26 Å². The number of aryl methyl sites for hydroxylation is 1. The zero-order valence-electron chi connectivity index (χ0n) is 14.8. The third-order valence-electron chi connectivity index (χ3n) is 3.66. The summed E-state index contributed by atoms with van der Waals surface area (Å²) in [5.41, 5.74) is 2.24. The summed E-state index contributed by atoms with van der Waals surface area (Å²) < 4.78 is 6.18. The van der Waals surface area contributed by atoms with Gasteiger partial charge in [-0.1, -0.05) is 19.1 Å². The lowest BCUT2D eigenvalue weighted by Gasteiger charge is -2.10. The van der Waals surface area contributed by atoms with Crippen LogP contribution in [0.4, 0.5) is 5.69 Å². The van der Waals surface area contributed by atoms with Crippen molar-refractivity contribution in [3.8, 4) is 11.8 Å². The number of aliphatic carboxylic acids is 1. The van der Waals surface area contributed by atoms with Crippen molar-refractivity contribution in [1.82, 2.24) is 0 Å². The molecule has 0 radical (unpaired) electrons. The van der Waals surface area contributed by atoms with Gasteiger partial charge in [-0.05, 0) is 79.7 Å². The second kappa shape index (κ2) is 10.1. The van der Waals surface area contributed by atoms with Gasteiger partial charge in [0.25, 0.3) is 5.91 Å². The lowest BCUT2D eigenvalue weighted by molar-refractivity contribution is -0.139. The molecule has 0 atom stereocenters. The van der Waals surface area contributed by atoms with E-state index in [2.05, 4.69) is 37.2 Å². The Bertz CT molecular complexity index is 940. The van der Waals surface area contributed by atoms with Crippen molar-refractivity contribution in [2.24, 2.45) is 0 Å². The SMILES string of the molecule is CCc1ccc(NC(=O)/C(C#N)=C/c2cc(Br)c(OCC(=O)O)c(Br)c2)cc1. The first kappa shape index (κ1) is 21.7. The van der Waals surface area contributed by atoms with E-state index in [0.29, 0.717) is 25.9 Å². The molecule has 8 heteroatoms. The number of halogens is 2. The highest BCUT2D eigenvalue weighted by atomic mass is 79.9. The van der Waals surface area contributed by atoms with Crippen molar-refractivity contribution >= 4 is 55.5 Å². The maximum atomic E-state index is 12.4. The molecule has 0 spiro atoms. The second-order valence-electron chi connectivity index (χ2n) is 5.67. The monoisotopic (exact) mass is 506 g/mol. The van der Waals surface area contributed by atoms with E-state index in [9.17, 15) is 14.9 Å². The van der Waals surface area contributed by atoms with Crippen LogP contribution in [0.2, 0.25) is 0 Å². The molecule has 0 heterocycles. The van der Waals surface area contributed by atoms with Gasteiger partial charge in [0.1, 0.15) is 17.4 Å². The maximum Gasteiger partial charge on any atom is 0.341 e. The van der Waals surface area contributed by atoms with E-state index in [4.69, 9.17) is 9.84 Å². The highest BCUT2D eigenvalue weighted by Crippen LogP contribution is 2.35. The number of anilines is 1. The zero-order chi connectivity index (χ0) is 20.7. The van der Waals surface area contributed by atoms with Gasteiger partial charge in [-0.2, -0.15) is 5.26 Å². The summed E-state index contributed by atoms with van der Waals surface area (Å²) in [4.78, 5) is 23.1. The molecule has 0 bridgehead atoms. The molecule has 2 rings (SSSR count). The molecule has 0 aromatic heterocycles. The summed E-state index contributed by atoms with van der Waals surface area (Å²) in [6, 6.07) is 12.5. The van der Waals surface area contributed by atoms with Crippen molar-refractivity contribution in [3.05, 3.63) is 62.0 Å². The lowest BCUT2D eigenvalue weighted by atomic mass is 10.1. The lowest BCUT2D eigenvalue weighted by Crippen LogP contribution is -2.13. The van der Waals surface area contributed by atoms with Gasteiger partial charge in [0, 0.05) is 5.69 Å². The predicted molar refractivity (Wildman–Crippen MR) is 113 cm³/mol. The average molecular weight is 508 g/mol. The average Bonchev–Trinajstić information content (AvgIpc) is 2.65. The number of carbonyl (C=O) groups is 2. The molecule has 2 N–H and O–H groups in total. The third-order valence-corrected chi connectivity index (χ3v) is 4.83. The van der Waals surface area contributed by atoms with E-state index in [1.165, 1.54) is 6.08 Å². The molecule has 0 aliphatic rings. The van der Waals surface area contributed by atoms with E-state index in [1.807, 2.05) is 25.1 Å². The fourth-order valence-corrected chi connectivity index (χ4v) is 3.72. The molecular weight excluding hydrogens is 492 g/mol. The van der Waals surface area contributed by atoms with Crippen LogP contribution in [0, 0.1) is 11.3 Å². The Balaban J connectivity index is 2.21. The Morgan fingerprint density at radius 1 is 1.21 bits per heavy atom. The number of nitriles is 1. The number of rotatable bonds is 7. The number of nitrogens with zero attached hydrogens (tertiary/aromatic N) is 1. The van der Waals surface area contributed by atoms with Crippen LogP contribution in [-0.4, -0.2) is 23.6 Å². The number of carbonyl (C=O) groups excluding carboxylic acids is 1. The molecule has 2 aromatic rings. The fourth-order valence-electron chi connectivity index (χ4n) is 2.27. The molecule has 0 unspecified atom stereocenters. The summed E-state index contributed by atoms with van der Waals surface area (Å²) in [6.07, 6.45) is 2.33. The summed E-state index contributed by atoms with van der Waals surface area (Å²) >= 11 is 6.61. The van der Waals surface area contributed by atoms with Gasteiger partial charge in [0.15, 0.2) is 6.61 Å². The number of carboxylic acid groups (broad SMARTS) is 1. The van der Waals surface area contributed by atoms with Crippen LogP contribution in [-0.2, 0) is 16.0 Å². The van der Waals surface area contributed by atoms with Gasteiger partial charge in [-0.25, -0.2) is 4.79 Å². The molecule has 2 aromatic carbocycles. The van der Waals surface area contributed by atoms with E-state index in [0.717, 1.165) is 12.0 Å². The zero-order valence-corrected chi connectivity index (χ0v) is 18.0. The number of hydrogen-bond donors (Lipinski definition) is 2.